The molecule has 0 bridgehead atoms. The normalized spacial score (nSPS) is 20.3. The van der Waals surface area contributed by atoms with Crippen LogP contribution >= 0.6 is 11.3 Å². The number of aliphatic hydroxyl groups excluding tert-OH is 1. The maximum Gasteiger partial charge on any atom is 0.307 e. The number of rotatable bonds is 3. The maximum atomic E-state index is 11.7. The van der Waals surface area contributed by atoms with Crippen LogP contribution in [0.3, 0.4) is 0 Å². The average molecular weight is 227 g/mol. The first-order chi connectivity index (χ1) is 7.22. The third kappa shape index (κ3) is 2.16. The lowest BCUT2D eigenvalue weighted by atomic mass is 9.93. The molecule has 1 aromatic heterocycles. The van der Waals surface area contributed by atoms with Crippen LogP contribution < -0.4 is 4.87 Å². The molecule has 1 aliphatic carbocycles. The van der Waals surface area contributed by atoms with Gasteiger partial charge in [-0.25, -0.2) is 0 Å². The maximum absolute atomic E-state index is 11.7. The molecular weight excluding hydrogens is 210 g/mol. The summed E-state index contributed by atoms with van der Waals surface area (Å²) in [5.41, 5.74) is 1.23. The second kappa shape index (κ2) is 4.49. The van der Waals surface area contributed by atoms with E-state index >= 15 is 0 Å². The highest BCUT2D eigenvalue weighted by atomic mass is 32.1. The van der Waals surface area contributed by atoms with E-state index in [2.05, 4.69) is 6.92 Å². The van der Waals surface area contributed by atoms with E-state index in [0.717, 1.165) is 12.8 Å². The highest BCUT2D eigenvalue weighted by Gasteiger charge is 2.21. The highest BCUT2D eigenvalue weighted by Crippen LogP contribution is 2.27. The fourth-order valence-electron chi connectivity index (χ4n) is 2.17. The number of nitrogens with zero attached hydrogens (tertiary/aromatic N) is 1. The Morgan fingerprint density at radius 1 is 1.60 bits per heavy atom. The molecule has 1 atom stereocenters. The molecule has 1 heterocycles. The Bertz CT molecular complexity index is 394. The minimum Gasteiger partial charge on any atom is -0.396 e. The van der Waals surface area contributed by atoms with Crippen LogP contribution in [0.5, 0.6) is 0 Å². The predicted octanol–water partition coefficient (Wildman–Crippen LogP) is 1.42. The second-order valence-corrected chi connectivity index (χ2v) is 5.36. The van der Waals surface area contributed by atoms with Crippen molar-refractivity contribution in [1.82, 2.24) is 4.57 Å². The fourth-order valence-corrected chi connectivity index (χ4v) is 3.39. The number of fused-ring (bicyclic) bond motifs is 1. The van der Waals surface area contributed by atoms with Gasteiger partial charge >= 0.3 is 4.87 Å². The molecule has 3 nitrogen and oxygen atoms in total. The van der Waals surface area contributed by atoms with E-state index in [-0.39, 0.29) is 11.5 Å². The number of hydrogen-bond donors (Lipinski definition) is 1. The third-order valence-corrected chi connectivity index (χ3v) is 4.07. The third-order valence-electron chi connectivity index (χ3n) is 3.03. The predicted molar refractivity (Wildman–Crippen MR) is 61.5 cm³/mol. The first-order valence-electron chi connectivity index (χ1n) is 5.54. The van der Waals surface area contributed by atoms with Crippen molar-refractivity contribution >= 4 is 11.3 Å². The van der Waals surface area contributed by atoms with Gasteiger partial charge in [0.25, 0.3) is 0 Å². The van der Waals surface area contributed by atoms with E-state index in [1.54, 1.807) is 0 Å². The van der Waals surface area contributed by atoms with Gasteiger partial charge in [-0.3, -0.25) is 4.79 Å². The summed E-state index contributed by atoms with van der Waals surface area (Å²) < 4.78 is 1.86. The largest absolute Gasteiger partial charge is 0.396 e. The second-order valence-electron chi connectivity index (χ2n) is 4.31. The van der Waals surface area contributed by atoms with Gasteiger partial charge in [-0.2, -0.15) is 0 Å². The molecule has 4 heteroatoms. The zero-order chi connectivity index (χ0) is 10.8. The van der Waals surface area contributed by atoms with Crippen molar-refractivity contribution in [1.29, 1.82) is 0 Å². The van der Waals surface area contributed by atoms with Gasteiger partial charge in [0.2, 0.25) is 0 Å². The van der Waals surface area contributed by atoms with Gasteiger partial charge in [-0.15, -0.1) is 0 Å². The van der Waals surface area contributed by atoms with Crippen LogP contribution in [0.2, 0.25) is 0 Å². The summed E-state index contributed by atoms with van der Waals surface area (Å²) in [4.78, 5) is 13.1. The highest BCUT2D eigenvalue weighted by molar-refractivity contribution is 7.09. The molecule has 1 N–H and O–H groups in total. The lowest BCUT2D eigenvalue weighted by Crippen LogP contribution is -2.19. The fraction of sp³-hybridized carbons (Fsp3) is 0.727. The van der Waals surface area contributed by atoms with Gasteiger partial charge in [0.05, 0.1) is 0 Å². The summed E-state index contributed by atoms with van der Waals surface area (Å²) in [5, 5.41) is 8.79. The van der Waals surface area contributed by atoms with Crippen molar-refractivity contribution < 1.29 is 5.11 Å². The van der Waals surface area contributed by atoms with Crippen molar-refractivity contribution in [2.75, 3.05) is 6.61 Å². The monoisotopic (exact) mass is 227 g/mol. The van der Waals surface area contributed by atoms with Crippen molar-refractivity contribution in [3.8, 4) is 0 Å². The minimum absolute atomic E-state index is 0.155. The van der Waals surface area contributed by atoms with Gasteiger partial charge < -0.3 is 9.67 Å². The Morgan fingerprint density at radius 2 is 2.40 bits per heavy atom. The molecular formula is C11H17NO2S. The quantitative estimate of drug-likeness (QED) is 0.848. The summed E-state index contributed by atoms with van der Waals surface area (Å²) in [6.07, 6.45) is 3.95. The Hall–Kier alpha value is -0.610. The molecule has 15 heavy (non-hydrogen) atoms. The first-order valence-corrected chi connectivity index (χ1v) is 6.36. The molecule has 0 spiro atoms. The van der Waals surface area contributed by atoms with E-state index in [0.29, 0.717) is 18.9 Å². The van der Waals surface area contributed by atoms with Crippen molar-refractivity contribution in [3.63, 3.8) is 0 Å². The molecule has 0 radical (unpaired) electrons. The Balaban J connectivity index is 2.27. The molecule has 0 amide bonds. The number of hydrogen-bond acceptors (Lipinski definition) is 3. The van der Waals surface area contributed by atoms with E-state index in [4.69, 9.17) is 5.11 Å². The number of aromatic nitrogens is 1. The lowest BCUT2D eigenvalue weighted by Gasteiger charge is -2.19. The smallest absolute Gasteiger partial charge is 0.307 e. The van der Waals surface area contributed by atoms with Crippen LogP contribution in [0, 0.1) is 5.92 Å². The van der Waals surface area contributed by atoms with Gasteiger partial charge in [0.15, 0.2) is 0 Å². The van der Waals surface area contributed by atoms with Crippen LogP contribution in [-0.2, 0) is 19.4 Å². The lowest BCUT2D eigenvalue weighted by molar-refractivity contribution is 0.278. The van der Waals surface area contributed by atoms with Crippen LogP contribution in [0.4, 0.5) is 0 Å². The molecule has 0 fully saturated rings. The van der Waals surface area contributed by atoms with Crippen LogP contribution in [-0.4, -0.2) is 16.3 Å². The summed E-state index contributed by atoms with van der Waals surface area (Å²) >= 11 is 1.40. The van der Waals surface area contributed by atoms with Gasteiger partial charge in [-0.05, 0) is 31.6 Å². The summed E-state index contributed by atoms with van der Waals surface area (Å²) in [6.45, 7) is 3.08. The van der Waals surface area contributed by atoms with Crippen molar-refractivity contribution in [3.05, 3.63) is 20.2 Å². The standard InChI is InChI=1S/C11H17NO2S/c1-8-3-4-9-10(7-8)15-11(14)12(9)5-2-6-13/h8,13H,2-7H2,1H3. The zero-order valence-electron chi connectivity index (χ0n) is 9.03. The molecule has 1 aliphatic rings. The Labute approximate surface area is 93.4 Å². The molecule has 1 aromatic rings. The molecule has 1 unspecified atom stereocenters. The summed E-state index contributed by atoms with van der Waals surface area (Å²) in [7, 11) is 0. The Kier molecular flexibility index (Phi) is 3.26. The van der Waals surface area contributed by atoms with Crippen molar-refractivity contribution in [2.45, 2.75) is 39.2 Å². The topological polar surface area (TPSA) is 42.2 Å². The van der Waals surface area contributed by atoms with E-state index < -0.39 is 0 Å². The summed E-state index contributed by atoms with van der Waals surface area (Å²) in [5.74, 6) is 0.710. The van der Waals surface area contributed by atoms with Crippen LogP contribution in [0.15, 0.2) is 4.79 Å². The van der Waals surface area contributed by atoms with Crippen molar-refractivity contribution in [2.24, 2.45) is 5.92 Å². The zero-order valence-corrected chi connectivity index (χ0v) is 9.85. The number of thiazole rings is 1. The first kappa shape index (κ1) is 10.9. The van der Waals surface area contributed by atoms with E-state index in [1.807, 2.05) is 4.57 Å². The summed E-state index contributed by atoms with van der Waals surface area (Å²) in [6, 6.07) is 0. The number of aliphatic hydroxyl groups is 1. The minimum atomic E-state index is 0.155. The molecule has 0 aliphatic heterocycles. The molecule has 84 valence electrons. The average Bonchev–Trinajstić information content (AvgIpc) is 2.50. The van der Waals surface area contributed by atoms with E-state index in [1.165, 1.54) is 28.3 Å². The SMILES string of the molecule is CC1CCc2c(sc(=O)n2CCCO)C1. The van der Waals surface area contributed by atoms with E-state index in [9.17, 15) is 4.79 Å². The molecule has 0 saturated carbocycles. The molecule has 2 rings (SSSR count). The molecule has 0 saturated heterocycles. The van der Waals surface area contributed by atoms with Gasteiger partial charge in [0.1, 0.15) is 0 Å². The van der Waals surface area contributed by atoms with Crippen LogP contribution in [0.1, 0.15) is 30.3 Å². The molecule has 0 aromatic carbocycles. The van der Waals surface area contributed by atoms with Crippen LogP contribution in [0.25, 0.3) is 0 Å². The van der Waals surface area contributed by atoms with Gasteiger partial charge in [-0.1, -0.05) is 18.3 Å². The van der Waals surface area contributed by atoms with Gasteiger partial charge in [0, 0.05) is 23.7 Å². The Morgan fingerprint density at radius 3 is 3.13 bits per heavy atom.